The zero-order chi connectivity index (χ0) is 13.1. The first-order valence-electron chi connectivity index (χ1n) is 6.21. The maximum atomic E-state index is 11.3. The Balaban J connectivity index is 3.89. The molecule has 0 aliphatic heterocycles. The molecule has 0 saturated heterocycles. The molecule has 0 spiro atoms. The number of carbonyl (C=O) groups is 2. The topological polar surface area (TPSA) is 75.6 Å². The summed E-state index contributed by atoms with van der Waals surface area (Å²) in [7, 11) is 0. The smallest absolute Gasteiger partial charge is 0.326 e. The summed E-state index contributed by atoms with van der Waals surface area (Å²) in [5.74, 6) is -1.35. The van der Waals surface area contributed by atoms with Crippen LogP contribution >= 0.6 is 0 Å². The third-order valence-electron chi connectivity index (χ3n) is 2.42. The molecule has 0 saturated carbocycles. The number of unbranched alkanes of at least 4 members (excludes halogenated alkanes) is 3. The number of hydrogen-bond acceptors (Lipinski definition) is 3. The molecule has 2 N–H and O–H groups in total. The van der Waals surface area contributed by atoms with Crippen molar-refractivity contribution in [1.82, 2.24) is 5.32 Å². The lowest BCUT2D eigenvalue weighted by Crippen LogP contribution is -2.42. The van der Waals surface area contributed by atoms with Crippen LogP contribution < -0.4 is 5.32 Å². The first-order valence-corrected chi connectivity index (χ1v) is 6.21. The lowest BCUT2D eigenvalue weighted by Gasteiger charge is -2.14. The van der Waals surface area contributed by atoms with Crippen LogP contribution in [0.15, 0.2) is 0 Å². The number of carboxylic acid groups (broad SMARTS) is 1. The van der Waals surface area contributed by atoms with Crippen LogP contribution in [0.2, 0.25) is 0 Å². The molecule has 0 rings (SSSR count). The van der Waals surface area contributed by atoms with E-state index in [0.29, 0.717) is 13.0 Å². The minimum Gasteiger partial charge on any atom is -0.480 e. The van der Waals surface area contributed by atoms with Crippen molar-refractivity contribution in [2.24, 2.45) is 0 Å². The number of amides is 1. The number of carbonyl (C=O) groups excluding carboxylic acids is 1. The summed E-state index contributed by atoms with van der Waals surface area (Å²) < 4.78 is 4.91. The highest BCUT2D eigenvalue weighted by atomic mass is 16.5. The minimum atomic E-state index is -0.980. The standard InChI is InChI=1S/C12H23NO4/c1-3-5-6-7-8-10(12(15)16)13-11(14)9-17-4-2/h10H,3-9H2,1-2H3,(H,13,14)(H,15,16)/t10-/m1/s1. The van der Waals surface area contributed by atoms with Crippen LogP contribution in [-0.4, -0.2) is 36.2 Å². The van der Waals surface area contributed by atoms with E-state index in [1.54, 1.807) is 6.92 Å². The Morgan fingerprint density at radius 2 is 1.94 bits per heavy atom. The Hall–Kier alpha value is -1.10. The van der Waals surface area contributed by atoms with E-state index in [1.165, 1.54) is 0 Å². The normalized spacial score (nSPS) is 12.1. The third-order valence-corrected chi connectivity index (χ3v) is 2.42. The molecular weight excluding hydrogens is 222 g/mol. The number of aliphatic carboxylic acids is 1. The summed E-state index contributed by atoms with van der Waals surface area (Å²) >= 11 is 0. The summed E-state index contributed by atoms with van der Waals surface area (Å²) in [5.41, 5.74) is 0. The molecule has 0 aromatic heterocycles. The van der Waals surface area contributed by atoms with Crippen LogP contribution in [0.3, 0.4) is 0 Å². The molecule has 0 unspecified atom stereocenters. The molecule has 0 aromatic carbocycles. The van der Waals surface area contributed by atoms with Gasteiger partial charge in [0.25, 0.3) is 0 Å². The van der Waals surface area contributed by atoms with Crippen molar-refractivity contribution < 1.29 is 19.4 Å². The molecule has 0 heterocycles. The number of hydrogen-bond donors (Lipinski definition) is 2. The molecule has 0 aromatic rings. The van der Waals surface area contributed by atoms with Gasteiger partial charge in [-0.25, -0.2) is 4.79 Å². The van der Waals surface area contributed by atoms with Gasteiger partial charge in [0.2, 0.25) is 5.91 Å². The maximum absolute atomic E-state index is 11.3. The average Bonchev–Trinajstić information content (AvgIpc) is 2.30. The second-order valence-electron chi connectivity index (χ2n) is 3.94. The van der Waals surface area contributed by atoms with Crippen molar-refractivity contribution in [3.63, 3.8) is 0 Å². The van der Waals surface area contributed by atoms with E-state index in [9.17, 15) is 9.59 Å². The van der Waals surface area contributed by atoms with Crippen molar-refractivity contribution in [2.45, 2.75) is 52.0 Å². The quantitative estimate of drug-likeness (QED) is 0.573. The summed E-state index contributed by atoms with van der Waals surface area (Å²) in [6.45, 7) is 4.25. The van der Waals surface area contributed by atoms with Crippen LogP contribution in [0.5, 0.6) is 0 Å². The molecule has 17 heavy (non-hydrogen) atoms. The fourth-order valence-electron chi connectivity index (χ4n) is 1.46. The first-order chi connectivity index (χ1) is 8.11. The van der Waals surface area contributed by atoms with Crippen LogP contribution in [0.4, 0.5) is 0 Å². The molecule has 0 bridgehead atoms. The number of carboxylic acids is 1. The molecule has 1 amide bonds. The van der Waals surface area contributed by atoms with E-state index >= 15 is 0 Å². The minimum absolute atomic E-state index is 0.0742. The lowest BCUT2D eigenvalue weighted by atomic mass is 10.1. The largest absolute Gasteiger partial charge is 0.480 e. The van der Waals surface area contributed by atoms with Crippen LogP contribution in [0, 0.1) is 0 Å². The highest BCUT2D eigenvalue weighted by Crippen LogP contribution is 2.05. The van der Waals surface area contributed by atoms with Crippen LogP contribution in [0.1, 0.15) is 46.0 Å². The molecule has 0 aliphatic carbocycles. The molecule has 5 nitrogen and oxygen atoms in total. The molecule has 100 valence electrons. The van der Waals surface area contributed by atoms with E-state index in [-0.39, 0.29) is 12.5 Å². The Bertz CT molecular complexity index is 231. The number of ether oxygens (including phenoxy) is 1. The number of nitrogens with one attached hydrogen (secondary N) is 1. The van der Waals surface area contributed by atoms with Gasteiger partial charge in [0.1, 0.15) is 12.6 Å². The molecule has 0 fully saturated rings. The van der Waals surface area contributed by atoms with Gasteiger partial charge < -0.3 is 15.2 Å². The Labute approximate surface area is 103 Å². The van der Waals surface area contributed by atoms with E-state index in [4.69, 9.17) is 9.84 Å². The summed E-state index contributed by atoms with van der Waals surface area (Å²) in [5, 5.41) is 11.4. The highest BCUT2D eigenvalue weighted by molar-refractivity contribution is 5.84. The Morgan fingerprint density at radius 1 is 1.24 bits per heavy atom. The Morgan fingerprint density at radius 3 is 2.47 bits per heavy atom. The van der Waals surface area contributed by atoms with Crippen molar-refractivity contribution >= 4 is 11.9 Å². The maximum Gasteiger partial charge on any atom is 0.326 e. The van der Waals surface area contributed by atoms with Gasteiger partial charge in [0.15, 0.2) is 0 Å². The SMILES string of the molecule is CCCCCC[C@@H](NC(=O)COCC)C(=O)O. The van der Waals surface area contributed by atoms with Gasteiger partial charge in [-0.2, -0.15) is 0 Å². The zero-order valence-corrected chi connectivity index (χ0v) is 10.7. The summed E-state index contributed by atoms with van der Waals surface area (Å²) in [4.78, 5) is 22.2. The van der Waals surface area contributed by atoms with Crippen molar-refractivity contribution in [1.29, 1.82) is 0 Å². The zero-order valence-electron chi connectivity index (χ0n) is 10.7. The molecule has 0 radical (unpaired) electrons. The van der Waals surface area contributed by atoms with Gasteiger partial charge in [-0.15, -0.1) is 0 Å². The van der Waals surface area contributed by atoms with Crippen LogP contribution in [-0.2, 0) is 14.3 Å². The van der Waals surface area contributed by atoms with Gasteiger partial charge in [0, 0.05) is 6.61 Å². The van der Waals surface area contributed by atoms with Crippen molar-refractivity contribution in [2.75, 3.05) is 13.2 Å². The highest BCUT2D eigenvalue weighted by Gasteiger charge is 2.18. The molecular formula is C12H23NO4. The molecule has 1 atom stereocenters. The van der Waals surface area contributed by atoms with Gasteiger partial charge >= 0.3 is 5.97 Å². The van der Waals surface area contributed by atoms with Gasteiger partial charge in [-0.05, 0) is 13.3 Å². The predicted octanol–water partition coefficient (Wildman–Crippen LogP) is 1.56. The van der Waals surface area contributed by atoms with Gasteiger partial charge in [-0.3, -0.25) is 4.79 Å². The lowest BCUT2D eigenvalue weighted by molar-refractivity contribution is -0.142. The fraction of sp³-hybridized carbons (Fsp3) is 0.833. The van der Waals surface area contributed by atoms with E-state index in [0.717, 1.165) is 25.7 Å². The van der Waals surface area contributed by atoms with Crippen LogP contribution in [0.25, 0.3) is 0 Å². The molecule has 0 aliphatic rings. The summed E-state index contributed by atoms with van der Waals surface area (Å²) in [6, 6.07) is -0.792. The predicted molar refractivity (Wildman–Crippen MR) is 64.8 cm³/mol. The molecule has 5 heteroatoms. The summed E-state index contributed by atoms with van der Waals surface area (Å²) in [6.07, 6.45) is 4.50. The van der Waals surface area contributed by atoms with E-state index < -0.39 is 12.0 Å². The van der Waals surface area contributed by atoms with E-state index in [1.807, 2.05) is 0 Å². The van der Waals surface area contributed by atoms with Crippen molar-refractivity contribution in [3.8, 4) is 0 Å². The average molecular weight is 245 g/mol. The first kappa shape index (κ1) is 15.9. The Kier molecular flexibility index (Phi) is 9.43. The second-order valence-corrected chi connectivity index (χ2v) is 3.94. The van der Waals surface area contributed by atoms with Gasteiger partial charge in [-0.1, -0.05) is 32.6 Å². The number of rotatable bonds is 10. The fourth-order valence-corrected chi connectivity index (χ4v) is 1.46. The van der Waals surface area contributed by atoms with E-state index in [2.05, 4.69) is 12.2 Å². The van der Waals surface area contributed by atoms with Crippen molar-refractivity contribution in [3.05, 3.63) is 0 Å². The monoisotopic (exact) mass is 245 g/mol. The second kappa shape index (κ2) is 10.1. The third kappa shape index (κ3) is 8.68. The van der Waals surface area contributed by atoms with Gasteiger partial charge in [0.05, 0.1) is 0 Å².